The van der Waals surface area contributed by atoms with Crippen molar-refractivity contribution in [1.82, 2.24) is 14.7 Å². The maximum absolute atomic E-state index is 13.8. The molecule has 1 amide bonds. The van der Waals surface area contributed by atoms with Gasteiger partial charge < -0.3 is 23.8 Å². The van der Waals surface area contributed by atoms with E-state index in [9.17, 15) is 31.1 Å². The van der Waals surface area contributed by atoms with Gasteiger partial charge in [0.25, 0.3) is 5.91 Å². The number of carbonyl (C=O) groups is 1. The Bertz CT molecular complexity index is 1400. The molecule has 2 bridgehead atoms. The molecule has 3 saturated heterocycles. The van der Waals surface area contributed by atoms with Crippen LogP contribution in [0.15, 0.2) is 36.4 Å². The van der Waals surface area contributed by atoms with Gasteiger partial charge in [-0.25, -0.2) is 0 Å². The van der Waals surface area contributed by atoms with Gasteiger partial charge in [0.2, 0.25) is 0 Å². The topological polar surface area (TPSA) is 63.7 Å². The highest BCUT2D eigenvalue weighted by Gasteiger charge is 2.50. The number of piperazine rings is 1. The van der Waals surface area contributed by atoms with E-state index in [0.29, 0.717) is 63.2 Å². The number of halogens is 6. The highest BCUT2D eigenvalue weighted by molar-refractivity contribution is 5.95. The number of nitrogens with zero attached hydrogens (tertiary/aromatic N) is 3. The number of rotatable bonds is 12. The van der Waals surface area contributed by atoms with Crippen LogP contribution in [0.3, 0.4) is 0 Å². The Morgan fingerprint density at radius 2 is 1.67 bits per heavy atom. The number of aryl methyl sites for hydroxylation is 1. The minimum absolute atomic E-state index is 0.00719. The number of ether oxygens (including phenoxy) is 4. The number of carbonyl (C=O) groups excluding carboxylic acids is 1. The van der Waals surface area contributed by atoms with Gasteiger partial charge in [0.1, 0.15) is 5.75 Å². The second kappa shape index (κ2) is 14.5. The van der Waals surface area contributed by atoms with Gasteiger partial charge in [-0.3, -0.25) is 14.6 Å². The van der Waals surface area contributed by atoms with Crippen molar-refractivity contribution in [1.29, 1.82) is 0 Å². The lowest BCUT2D eigenvalue weighted by atomic mass is 9.98. The third kappa shape index (κ3) is 8.62. The molecule has 266 valence electrons. The van der Waals surface area contributed by atoms with Crippen LogP contribution in [0.1, 0.15) is 52.9 Å². The van der Waals surface area contributed by atoms with E-state index in [1.54, 1.807) is 7.11 Å². The first kappa shape index (κ1) is 36.4. The van der Waals surface area contributed by atoms with Crippen LogP contribution < -0.4 is 4.74 Å². The summed E-state index contributed by atoms with van der Waals surface area (Å²) in [5.41, 5.74) is -2.27. The number of fused-ring (bicyclic) bond motifs is 2. The summed E-state index contributed by atoms with van der Waals surface area (Å²) < 4.78 is 104. The normalized spacial score (nSPS) is 23.2. The Morgan fingerprint density at radius 1 is 0.958 bits per heavy atom. The molecule has 48 heavy (non-hydrogen) atoms. The summed E-state index contributed by atoms with van der Waals surface area (Å²) in [5, 5.41) is 0. The highest BCUT2D eigenvalue weighted by Crippen LogP contribution is 2.40. The molecule has 8 nitrogen and oxygen atoms in total. The lowest BCUT2D eigenvalue weighted by Crippen LogP contribution is -2.58. The van der Waals surface area contributed by atoms with Crippen molar-refractivity contribution in [3.63, 3.8) is 0 Å². The molecule has 5 rings (SSSR count). The Hall–Kier alpha value is -2.91. The fraction of sp³-hybridized carbons (Fsp3) is 0.618. The number of morpholine rings is 1. The summed E-state index contributed by atoms with van der Waals surface area (Å²) >= 11 is 0. The zero-order valence-corrected chi connectivity index (χ0v) is 27.6. The van der Waals surface area contributed by atoms with Crippen LogP contribution in [0.2, 0.25) is 0 Å². The zero-order valence-electron chi connectivity index (χ0n) is 27.6. The van der Waals surface area contributed by atoms with Crippen LogP contribution in [0.25, 0.3) is 0 Å². The number of amides is 1. The molecule has 2 aromatic carbocycles. The third-order valence-electron chi connectivity index (χ3n) is 9.46. The van der Waals surface area contributed by atoms with E-state index in [1.165, 1.54) is 4.90 Å². The molecule has 3 unspecified atom stereocenters. The smallest absolute Gasteiger partial charge is 0.416 e. The third-order valence-corrected chi connectivity index (χ3v) is 9.46. The summed E-state index contributed by atoms with van der Waals surface area (Å²) in [4.78, 5) is 19.9. The van der Waals surface area contributed by atoms with E-state index in [2.05, 4.69) is 23.6 Å². The summed E-state index contributed by atoms with van der Waals surface area (Å²) in [6.07, 6.45) is -8.64. The standard InChI is InChI=1S/C34H43F6N3O5/c1-22-5-6-23(14-29(22)47-21-46-12-11-45-4)13-27-19-41(7-9-42-20-28-18-30(42)32(2,3)48-28)8-10-43(27)31(44)24-15-25(33(35,36)37)17-26(16-24)34(38,39)40/h5-6,14-17,27-28,30H,7-13,18-21H2,1-4H3. The average molecular weight is 688 g/mol. The molecule has 3 atom stereocenters. The maximum Gasteiger partial charge on any atom is 0.416 e. The SMILES string of the molecule is COCCOCOc1cc(CC2CN(CCN3CC4CC3C(C)(C)O4)CCN2C(=O)c2cc(C(F)(F)F)cc(C(F)(F)F)c2)ccc1C. The van der Waals surface area contributed by atoms with Crippen LogP contribution in [0.4, 0.5) is 26.3 Å². The van der Waals surface area contributed by atoms with Crippen molar-refractivity contribution in [2.45, 2.75) is 69.8 Å². The minimum atomic E-state index is -5.06. The first-order valence-corrected chi connectivity index (χ1v) is 16.1. The average Bonchev–Trinajstić information content (AvgIpc) is 3.56. The zero-order chi connectivity index (χ0) is 34.9. The molecular weight excluding hydrogens is 644 g/mol. The van der Waals surface area contributed by atoms with E-state index in [1.807, 2.05) is 25.1 Å². The second-order valence-electron chi connectivity index (χ2n) is 13.3. The van der Waals surface area contributed by atoms with Crippen molar-refractivity contribution >= 4 is 5.91 Å². The Balaban J connectivity index is 1.37. The number of hydrogen-bond acceptors (Lipinski definition) is 7. The predicted octanol–water partition coefficient (Wildman–Crippen LogP) is 5.65. The Labute approximate surface area is 276 Å². The van der Waals surface area contributed by atoms with Crippen molar-refractivity contribution in [2.75, 3.05) is 66.4 Å². The van der Waals surface area contributed by atoms with E-state index < -0.39 is 41.0 Å². The fourth-order valence-corrected chi connectivity index (χ4v) is 7.01. The molecule has 0 aromatic heterocycles. The molecule has 0 saturated carbocycles. The molecule has 3 aliphatic heterocycles. The monoisotopic (exact) mass is 687 g/mol. The Kier molecular flexibility index (Phi) is 11.0. The molecule has 3 heterocycles. The maximum atomic E-state index is 13.8. The lowest BCUT2D eigenvalue weighted by Gasteiger charge is -2.43. The summed E-state index contributed by atoms with van der Waals surface area (Å²) in [6, 6.07) is 6.39. The van der Waals surface area contributed by atoms with Crippen molar-refractivity contribution in [3.05, 3.63) is 64.2 Å². The second-order valence-corrected chi connectivity index (χ2v) is 13.3. The van der Waals surface area contributed by atoms with Gasteiger partial charge in [0, 0.05) is 64.0 Å². The molecule has 0 aliphatic carbocycles. The lowest BCUT2D eigenvalue weighted by molar-refractivity contribution is -0.143. The fourth-order valence-electron chi connectivity index (χ4n) is 7.01. The van der Waals surface area contributed by atoms with Gasteiger partial charge in [0.15, 0.2) is 6.79 Å². The van der Waals surface area contributed by atoms with Crippen LogP contribution in [0.5, 0.6) is 5.75 Å². The number of hydrogen-bond donors (Lipinski definition) is 0. The summed E-state index contributed by atoms with van der Waals surface area (Å²) in [6.45, 7) is 10.1. The van der Waals surface area contributed by atoms with Crippen LogP contribution in [-0.4, -0.2) is 111 Å². The molecule has 2 aromatic rings. The van der Waals surface area contributed by atoms with E-state index >= 15 is 0 Å². The van der Waals surface area contributed by atoms with Gasteiger partial charge in [-0.05, 0) is 69.0 Å². The van der Waals surface area contributed by atoms with Gasteiger partial charge in [-0.15, -0.1) is 0 Å². The van der Waals surface area contributed by atoms with Gasteiger partial charge in [-0.1, -0.05) is 12.1 Å². The Morgan fingerprint density at radius 3 is 2.29 bits per heavy atom. The number of methoxy groups -OCH3 is 1. The first-order valence-electron chi connectivity index (χ1n) is 16.1. The van der Waals surface area contributed by atoms with Gasteiger partial charge in [0.05, 0.1) is 36.0 Å². The van der Waals surface area contributed by atoms with Crippen molar-refractivity contribution in [2.24, 2.45) is 0 Å². The number of benzene rings is 2. The number of alkyl halides is 6. The van der Waals surface area contributed by atoms with E-state index in [4.69, 9.17) is 18.9 Å². The molecular formula is C34H43F6N3O5. The molecule has 14 heteroatoms. The van der Waals surface area contributed by atoms with Gasteiger partial charge >= 0.3 is 12.4 Å². The van der Waals surface area contributed by atoms with Crippen molar-refractivity contribution in [3.8, 4) is 5.75 Å². The summed E-state index contributed by atoms with van der Waals surface area (Å²) in [7, 11) is 1.56. The largest absolute Gasteiger partial charge is 0.467 e. The molecule has 3 fully saturated rings. The van der Waals surface area contributed by atoms with Crippen molar-refractivity contribution < 1.29 is 50.1 Å². The quantitative estimate of drug-likeness (QED) is 0.162. The van der Waals surface area contributed by atoms with Gasteiger partial charge in [-0.2, -0.15) is 26.3 Å². The number of likely N-dealkylation sites (tertiary alicyclic amines) is 1. The van der Waals surface area contributed by atoms with Crippen LogP contribution in [0, 0.1) is 6.92 Å². The van der Waals surface area contributed by atoms with Crippen LogP contribution >= 0.6 is 0 Å². The molecule has 0 spiro atoms. The first-order chi connectivity index (χ1) is 22.5. The highest BCUT2D eigenvalue weighted by atomic mass is 19.4. The van der Waals surface area contributed by atoms with E-state index in [0.717, 1.165) is 30.6 Å². The molecule has 0 N–H and O–H groups in total. The summed E-state index contributed by atoms with van der Waals surface area (Å²) in [5.74, 6) is -0.306. The minimum Gasteiger partial charge on any atom is -0.467 e. The predicted molar refractivity (Wildman–Crippen MR) is 165 cm³/mol. The molecule has 0 radical (unpaired) electrons. The van der Waals surface area contributed by atoms with E-state index in [-0.39, 0.29) is 31.1 Å². The van der Waals surface area contributed by atoms with Crippen LogP contribution in [-0.2, 0) is 33.0 Å². The molecule has 3 aliphatic rings.